The lowest BCUT2D eigenvalue weighted by atomic mass is 9.93. The standard InChI is InChI=1S/C21H30ClN3O4S/c1-4-12-30(28,29)24-13-19(26)25(18-11-7-10-17(22)15(18)2)21(3,14-24)20(27)23-16-8-5-6-9-16/h7,10-11,16H,4-6,8-9,12-14H2,1-3H3,(H,23,27)/t21-/m0/s1. The Morgan fingerprint density at radius 2 is 1.97 bits per heavy atom. The number of carbonyl (C=O) groups is 2. The summed E-state index contributed by atoms with van der Waals surface area (Å²) in [5.74, 6) is -0.828. The third-order valence-electron chi connectivity index (χ3n) is 6.05. The van der Waals surface area contributed by atoms with E-state index in [4.69, 9.17) is 11.6 Å². The van der Waals surface area contributed by atoms with E-state index in [2.05, 4.69) is 5.32 Å². The molecule has 30 heavy (non-hydrogen) atoms. The van der Waals surface area contributed by atoms with Gasteiger partial charge in [0.05, 0.1) is 12.3 Å². The Bertz CT molecular complexity index is 930. The van der Waals surface area contributed by atoms with Crippen molar-refractivity contribution in [3.63, 3.8) is 0 Å². The van der Waals surface area contributed by atoms with Crippen LogP contribution in [-0.4, -0.2) is 55.0 Å². The van der Waals surface area contributed by atoms with Gasteiger partial charge in [0.25, 0.3) is 0 Å². The molecule has 3 rings (SSSR count). The summed E-state index contributed by atoms with van der Waals surface area (Å²) in [5.41, 5.74) is -0.171. The van der Waals surface area contributed by atoms with Gasteiger partial charge in [-0.2, -0.15) is 4.31 Å². The number of halogens is 1. The molecule has 1 aromatic carbocycles. The topological polar surface area (TPSA) is 86.8 Å². The number of carbonyl (C=O) groups excluding carboxylic acids is 2. The molecule has 2 amide bonds. The number of piperazine rings is 1. The van der Waals surface area contributed by atoms with Gasteiger partial charge in [-0.15, -0.1) is 0 Å². The summed E-state index contributed by atoms with van der Waals surface area (Å²) in [4.78, 5) is 28.2. The number of sulfonamides is 1. The molecule has 0 unspecified atom stereocenters. The van der Waals surface area contributed by atoms with Gasteiger partial charge in [0, 0.05) is 23.3 Å². The van der Waals surface area contributed by atoms with Crippen molar-refractivity contribution in [1.29, 1.82) is 0 Å². The van der Waals surface area contributed by atoms with Crippen molar-refractivity contribution in [2.75, 3.05) is 23.7 Å². The Kier molecular flexibility index (Phi) is 6.79. The van der Waals surface area contributed by atoms with Crippen LogP contribution in [-0.2, 0) is 19.6 Å². The fourth-order valence-corrected chi connectivity index (χ4v) is 6.07. The highest BCUT2D eigenvalue weighted by atomic mass is 35.5. The molecule has 0 bridgehead atoms. The summed E-state index contributed by atoms with van der Waals surface area (Å²) >= 11 is 6.29. The first-order valence-electron chi connectivity index (χ1n) is 10.5. The molecule has 0 spiro atoms. The fourth-order valence-electron chi connectivity index (χ4n) is 4.37. The third kappa shape index (κ3) is 4.36. The fraction of sp³-hybridized carbons (Fsp3) is 0.619. The predicted octanol–water partition coefficient (Wildman–Crippen LogP) is 2.85. The van der Waals surface area contributed by atoms with Gasteiger partial charge in [-0.1, -0.05) is 37.4 Å². The van der Waals surface area contributed by atoms with Crippen LogP contribution >= 0.6 is 11.6 Å². The van der Waals surface area contributed by atoms with Crippen LogP contribution in [0.4, 0.5) is 5.69 Å². The van der Waals surface area contributed by atoms with Gasteiger partial charge in [-0.05, 0) is 50.8 Å². The molecule has 1 aromatic rings. The van der Waals surface area contributed by atoms with E-state index in [9.17, 15) is 18.0 Å². The maximum atomic E-state index is 13.5. The van der Waals surface area contributed by atoms with Crippen LogP contribution in [0, 0.1) is 6.92 Å². The van der Waals surface area contributed by atoms with Crippen LogP contribution in [0.1, 0.15) is 51.5 Å². The second-order valence-electron chi connectivity index (χ2n) is 8.43. The molecule has 0 aromatic heterocycles. The highest BCUT2D eigenvalue weighted by molar-refractivity contribution is 7.89. The van der Waals surface area contributed by atoms with Crippen LogP contribution < -0.4 is 10.2 Å². The molecule has 1 aliphatic carbocycles. The second kappa shape index (κ2) is 8.85. The molecule has 7 nitrogen and oxygen atoms in total. The lowest BCUT2D eigenvalue weighted by molar-refractivity contribution is -0.133. The molecule has 1 aliphatic heterocycles. The van der Waals surface area contributed by atoms with Gasteiger partial charge in [0.15, 0.2) is 0 Å². The third-order valence-corrected chi connectivity index (χ3v) is 8.43. The van der Waals surface area contributed by atoms with Gasteiger partial charge < -0.3 is 5.32 Å². The minimum atomic E-state index is -3.64. The van der Waals surface area contributed by atoms with Crippen LogP contribution in [0.2, 0.25) is 5.02 Å². The number of nitrogens with one attached hydrogen (secondary N) is 1. The van der Waals surface area contributed by atoms with E-state index in [1.807, 2.05) is 0 Å². The molecule has 1 heterocycles. The van der Waals surface area contributed by atoms with Crippen LogP contribution in [0.3, 0.4) is 0 Å². The lowest BCUT2D eigenvalue weighted by Crippen LogP contribution is -2.71. The Morgan fingerprint density at radius 3 is 2.60 bits per heavy atom. The average Bonchev–Trinajstić information content (AvgIpc) is 3.17. The van der Waals surface area contributed by atoms with Gasteiger partial charge >= 0.3 is 0 Å². The van der Waals surface area contributed by atoms with E-state index < -0.39 is 21.5 Å². The number of nitrogens with zero attached hydrogens (tertiary/aromatic N) is 2. The molecule has 1 atom stereocenters. The van der Waals surface area contributed by atoms with Crippen molar-refractivity contribution < 1.29 is 18.0 Å². The molecule has 9 heteroatoms. The number of anilines is 1. The van der Waals surface area contributed by atoms with Crippen molar-refractivity contribution in [2.45, 2.75) is 64.5 Å². The number of benzene rings is 1. The normalized spacial score (nSPS) is 23.7. The summed E-state index contributed by atoms with van der Waals surface area (Å²) in [6.45, 7) is 4.83. The van der Waals surface area contributed by atoms with Crippen molar-refractivity contribution in [3.8, 4) is 0 Å². The minimum Gasteiger partial charge on any atom is -0.351 e. The van der Waals surface area contributed by atoms with Gasteiger partial charge in [0.1, 0.15) is 5.54 Å². The summed E-state index contributed by atoms with van der Waals surface area (Å²) < 4.78 is 26.7. The van der Waals surface area contributed by atoms with Gasteiger partial charge in [-0.25, -0.2) is 8.42 Å². The van der Waals surface area contributed by atoms with E-state index in [-0.39, 0.29) is 30.8 Å². The Balaban J connectivity index is 2.04. The first kappa shape index (κ1) is 23.0. The largest absolute Gasteiger partial charge is 0.351 e. The molecule has 1 saturated carbocycles. The van der Waals surface area contributed by atoms with Crippen molar-refractivity contribution in [3.05, 3.63) is 28.8 Å². The maximum absolute atomic E-state index is 13.5. The van der Waals surface area contributed by atoms with Crippen molar-refractivity contribution >= 4 is 39.1 Å². The summed E-state index contributed by atoms with van der Waals surface area (Å²) in [6, 6.07) is 5.25. The Labute approximate surface area is 183 Å². The monoisotopic (exact) mass is 455 g/mol. The zero-order valence-electron chi connectivity index (χ0n) is 17.8. The summed E-state index contributed by atoms with van der Waals surface area (Å²) in [7, 11) is -3.64. The van der Waals surface area contributed by atoms with E-state index in [0.717, 1.165) is 30.0 Å². The van der Waals surface area contributed by atoms with Crippen LogP contribution in [0.5, 0.6) is 0 Å². The highest BCUT2D eigenvalue weighted by Gasteiger charge is 2.51. The highest BCUT2D eigenvalue weighted by Crippen LogP contribution is 2.35. The first-order valence-corrected chi connectivity index (χ1v) is 12.5. The number of hydrogen-bond donors (Lipinski definition) is 1. The Morgan fingerprint density at radius 1 is 1.30 bits per heavy atom. The SMILES string of the molecule is CCCS(=O)(=O)N1CC(=O)N(c2cccc(Cl)c2C)[C@](C)(C(=O)NC2CCCC2)C1. The van der Waals surface area contributed by atoms with Gasteiger partial charge in [0.2, 0.25) is 21.8 Å². The molecule has 2 fully saturated rings. The molecule has 0 radical (unpaired) electrons. The molecule has 2 aliphatic rings. The Hall–Kier alpha value is -1.64. The number of rotatable bonds is 6. The zero-order valence-corrected chi connectivity index (χ0v) is 19.4. The number of amides is 2. The number of hydrogen-bond acceptors (Lipinski definition) is 4. The van der Waals surface area contributed by atoms with E-state index >= 15 is 0 Å². The van der Waals surface area contributed by atoms with Crippen LogP contribution in [0.25, 0.3) is 0 Å². The molecule has 1 saturated heterocycles. The molecule has 1 N–H and O–H groups in total. The van der Waals surface area contributed by atoms with E-state index in [1.54, 1.807) is 39.0 Å². The molecular formula is C21H30ClN3O4S. The predicted molar refractivity (Wildman–Crippen MR) is 118 cm³/mol. The second-order valence-corrected chi connectivity index (χ2v) is 10.9. The van der Waals surface area contributed by atoms with E-state index in [1.165, 1.54) is 4.90 Å². The quantitative estimate of drug-likeness (QED) is 0.714. The first-order chi connectivity index (χ1) is 14.1. The zero-order chi connectivity index (χ0) is 22.1. The summed E-state index contributed by atoms with van der Waals surface area (Å²) in [6.07, 6.45) is 4.33. The van der Waals surface area contributed by atoms with Gasteiger partial charge in [-0.3, -0.25) is 14.5 Å². The maximum Gasteiger partial charge on any atom is 0.247 e. The summed E-state index contributed by atoms with van der Waals surface area (Å²) in [5, 5.41) is 3.55. The smallest absolute Gasteiger partial charge is 0.247 e. The van der Waals surface area contributed by atoms with Crippen LogP contribution in [0.15, 0.2) is 18.2 Å². The molecular weight excluding hydrogens is 426 g/mol. The minimum absolute atomic E-state index is 0.0503. The molecule has 166 valence electrons. The van der Waals surface area contributed by atoms with E-state index in [0.29, 0.717) is 22.7 Å². The van der Waals surface area contributed by atoms with Crippen molar-refractivity contribution in [2.24, 2.45) is 0 Å². The average molecular weight is 456 g/mol. The van der Waals surface area contributed by atoms with Crippen molar-refractivity contribution in [1.82, 2.24) is 9.62 Å². The lowest BCUT2D eigenvalue weighted by Gasteiger charge is -2.47.